The second kappa shape index (κ2) is 5.49. The quantitative estimate of drug-likeness (QED) is 0.897. The van der Waals surface area contributed by atoms with Crippen molar-refractivity contribution >= 4 is 5.71 Å². The van der Waals surface area contributed by atoms with Crippen molar-refractivity contribution in [3.63, 3.8) is 0 Å². The largest absolute Gasteiger partial charge is 0.304 e. The number of hydrogen-bond acceptors (Lipinski definition) is 2. The zero-order valence-electron chi connectivity index (χ0n) is 11.8. The summed E-state index contributed by atoms with van der Waals surface area (Å²) < 4.78 is 0. The molecule has 20 heavy (non-hydrogen) atoms. The Hall–Kier alpha value is -2.09. The summed E-state index contributed by atoms with van der Waals surface area (Å²) >= 11 is 0. The molecule has 3 rings (SSSR count). The molecule has 2 aromatic rings. The van der Waals surface area contributed by atoms with Gasteiger partial charge in [0.1, 0.15) is 0 Å². The van der Waals surface area contributed by atoms with Crippen LogP contribution in [0.25, 0.3) is 0 Å². The first kappa shape index (κ1) is 12.9. The molecular formula is C18H20N2. The normalized spacial score (nSPS) is 21.4. The Balaban J connectivity index is 1.63. The first-order chi connectivity index (χ1) is 9.73. The minimum Gasteiger partial charge on any atom is -0.304 e. The SMILES string of the molecule is CC1(Cc2ccccc2)CC(Cc2ccccc2)=NN1. The molecule has 2 heteroatoms. The molecule has 1 heterocycles. The Labute approximate surface area is 120 Å². The van der Waals surface area contributed by atoms with Crippen LogP contribution in [0.1, 0.15) is 24.5 Å². The van der Waals surface area contributed by atoms with E-state index in [1.54, 1.807) is 0 Å². The molecule has 0 saturated heterocycles. The Kier molecular flexibility index (Phi) is 3.55. The van der Waals surface area contributed by atoms with Gasteiger partial charge in [-0.3, -0.25) is 0 Å². The number of hydrogen-bond donors (Lipinski definition) is 1. The van der Waals surface area contributed by atoms with Crippen LogP contribution in [-0.4, -0.2) is 11.3 Å². The van der Waals surface area contributed by atoms with Crippen molar-refractivity contribution in [3.05, 3.63) is 71.8 Å². The van der Waals surface area contributed by atoms with E-state index in [0.717, 1.165) is 19.3 Å². The summed E-state index contributed by atoms with van der Waals surface area (Å²) in [5.74, 6) is 0. The maximum atomic E-state index is 4.55. The van der Waals surface area contributed by atoms with Crippen molar-refractivity contribution in [2.45, 2.75) is 31.7 Å². The average Bonchev–Trinajstić information content (AvgIpc) is 2.82. The smallest absolute Gasteiger partial charge is 0.0613 e. The Morgan fingerprint density at radius 1 is 0.950 bits per heavy atom. The molecule has 0 amide bonds. The van der Waals surface area contributed by atoms with Crippen LogP contribution < -0.4 is 5.43 Å². The lowest BCUT2D eigenvalue weighted by Gasteiger charge is -2.23. The molecule has 0 bridgehead atoms. The van der Waals surface area contributed by atoms with Crippen molar-refractivity contribution < 1.29 is 0 Å². The van der Waals surface area contributed by atoms with Crippen LogP contribution >= 0.6 is 0 Å². The Morgan fingerprint density at radius 3 is 2.20 bits per heavy atom. The summed E-state index contributed by atoms with van der Waals surface area (Å²) in [5, 5.41) is 4.55. The second-order valence-corrected chi connectivity index (χ2v) is 5.85. The predicted molar refractivity (Wildman–Crippen MR) is 83.9 cm³/mol. The lowest BCUT2D eigenvalue weighted by Crippen LogP contribution is -2.37. The third kappa shape index (κ3) is 3.08. The molecule has 0 saturated carbocycles. The van der Waals surface area contributed by atoms with E-state index < -0.39 is 0 Å². The molecule has 2 nitrogen and oxygen atoms in total. The van der Waals surface area contributed by atoms with Gasteiger partial charge in [0.15, 0.2) is 0 Å². The molecule has 2 aromatic carbocycles. The predicted octanol–water partition coefficient (Wildman–Crippen LogP) is 3.58. The fourth-order valence-corrected chi connectivity index (χ4v) is 2.83. The molecule has 0 aromatic heterocycles. The number of nitrogens with one attached hydrogen (secondary N) is 1. The number of benzene rings is 2. The van der Waals surface area contributed by atoms with E-state index >= 15 is 0 Å². The number of rotatable bonds is 4. The molecule has 0 fully saturated rings. The van der Waals surface area contributed by atoms with Crippen LogP contribution in [0.2, 0.25) is 0 Å². The third-order valence-corrected chi connectivity index (χ3v) is 3.77. The molecule has 0 aliphatic carbocycles. The van der Waals surface area contributed by atoms with Gasteiger partial charge in [-0.05, 0) is 24.5 Å². The lowest BCUT2D eigenvalue weighted by molar-refractivity contribution is 0.401. The monoisotopic (exact) mass is 264 g/mol. The van der Waals surface area contributed by atoms with Gasteiger partial charge in [0.05, 0.1) is 5.54 Å². The zero-order chi connectivity index (χ0) is 13.8. The first-order valence-electron chi connectivity index (χ1n) is 7.14. The van der Waals surface area contributed by atoms with Gasteiger partial charge in [-0.2, -0.15) is 5.10 Å². The Morgan fingerprint density at radius 2 is 1.55 bits per heavy atom. The molecule has 1 atom stereocenters. The van der Waals surface area contributed by atoms with Crippen LogP contribution in [0.5, 0.6) is 0 Å². The third-order valence-electron chi connectivity index (χ3n) is 3.77. The summed E-state index contributed by atoms with van der Waals surface area (Å²) in [4.78, 5) is 0. The van der Waals surface area contributed by atoms with E-state index in [1.807, 2.05) is 0 Å². The van der Waals surface area contributed by atoms with Crippen molar-refractivity contribution in [3.8, 4) is 0 Å². The topological polar surface area (TPSA) is 24.4 Å². The fraction of sp³-hybridized carbons (Fsp3) is 0.278. The highest BCUT2D eigenvalue weighted by Gasteiger charge is 2.30. The van der Waals surface area contributed by atoms with Crippen LogP contribution in [0.15, 0.2) is 65.8 Å². The zero-order valence-corrected chi connectivity index (χ0v) is 11.8. The van der Waals surface area contributed by atoms with Gasteiger partial charge in [0, 0.05) is 18.6 Å². The summed E-state index contributed by atoms with van der Waals surface area (Å²) in [6.07, 6.45) is 2.96. The minimum absolute atomic E-state index is 0.0471. The van der Waals surface area contributed by atoms with Crippen LogP contribution in [0, 0.1) is 0 Å². The summed E-state index contributed by atoms with van der Waals surface area (Å²) in [6.45, 7) is 2.25. The fourth-order valence-electron chi connectivity index (χ4n) is 2.83. The van der Waals surface area contributed by atoms with Gasteiger partial charge < -0.3 is 5.43 Å². The highest BCUT2D eigenvalue weighted by molar-refractivity contribution is 5.88. The van der Waals surface area contributed by atoms with Crippen LogP contribution in [0.4, 0.5) is 0 Å². The van der Waals surface area contributed by atoms with Crippen molar-refractivity contribution in [1.29, 1.82) is 0 Å². The van der Waals surface area contributed by atoms with Gasteiger partial charge >= 0.3 is 0 Å². The summed E-state index contributed by atoms with van der Waals surface area (Å²) in [7, 11) is 0. The molecule has 1 N–H and O–H groups in total. The van der Waals surface area contributed by atoms with E-state index in [9.17, 15) is 0 Å². The van der Waals surface area contributed by atoms with E-state index in [4.69, 9.17) is 0 Å². The molecule has 1 unspecified atom stereocenters. The molecular weight excluding hydrogens is 244 g/mol. The van der Waals surface area contributed by atoms with Gasteiger partial charge in [0.2, 0.25) is 0 Å². The van der Waals surface area contributed by atoms with E-state index in [1.165, 1.54) is 16.8 Å². The van der Waals surface area contributed by atoms with E-state index in [-0.39, 0.29) is 5.54 Å². The molecule has 102 valence electrons. The molecule has 1 aliphatic heterocycles. The van der Waals surface area contributed by atoms with E-state index in [2.05, 4.69) is 78.1 Å². The van der Waals surface area contributed by atoms with Gasteiger partial charge in [-0.25, -0.2) is 0 Å². The number of nitrogens with zero attached hydrogens (tertiary/aromatic N) is 1. The summed E-state index contributed by atoms with van der Waals surface area (Å²) in [5.41, 5.74) is 7.32. The molecule has 1 aliphatic rings. The van der Waals surface area contributed by atoms with E-state index in [0.29, 0.717) is 0 Å². The number of hydrazone groups is 1. The van der Waals surface area contributed by atoms with Crippen molar-refractivity contribution in [2.24, 2.45) is 5.10 Å². The average molecular weight is 264 g/mol. The maximum Gasteiger partial charge on any atom is 0.0613 e. The molecule has 0 radical (unpaired) electrons. The second-order valence-electron chi connectivity index (χ2n) is 5.85. The molecule has 0 spiro atoms. The summed E-state index contributed by atoms with van der Waals surface area (Å²) in [6, 6.07) is 21.2. The van der Waals surface area contributed by atoms with Gasteiger partial charge in [0.25, 0.3) is 0 Å². The standard InChI is InChI=1S/C18H20N2/c1-18(13-16-10-6-3-7-11-16)14-17(19-20-18)12-15-8-4-2-5-9-15/h2-11,20H,12-14H2,1H3. The highest BCUT2D eigenvalue weighted by atomic mass is 15.4. The highest BCUT2D eigenvalue weighted by Crippen LogP contribution is 2.23. The Bertz CT molecular complexity index is 589. The van der Waals surface area contributed by atoms with Gasteiger partial charge in [-0.15, -0.1) is 0 Å². The lowest BCUT2D eigenvalue weighted by atomic mass is 9.88. The van der Waals surface area contributed by atoms with Crippen molar-refractivity contribution in [1.82, 2.24) is 5.43 Å². The van der Waals surface area contributed by atoms with Crippen LogP contribution in [0.3, 0.4) is 0 Å². The van der Waals surface area contributed by atoms with Crippen LogP contribution in [-0.2, 0) is 12.8 Å². The van der Waals surface area contributed by atoms with Crippen molar-refractivity contribution in [2.75, 3.05) is 0 Å². The van der Waals surface area contributed by atoms with Gasteiger partial charge in [-0.1, -0.05) is 60.7 Å². The minimum atomic E-state index is 0.0471. The maximum absolute atomic E-state index is 4.55. The first-order valence-corrected chi connectivity index (χ1v) is 7.14.